The van der Waals surface area contributed by atoms with E-state index in [-0.39, 0.29) is 17.5 Å². The highest BCUT2D eigenvalue weighted by atomic mass is 79.9. The minimum absolute atomic E-state index is 0.160. The van der Waals surface area contributed by atoms with Crippen molar-refractivity contribution in [1.29, 1.82) is 0 Å². The van der Waals surface area contributed by atoms with Gasteiger partial charge in [-0.05, 0) is 198 Å². The average Bonchev–Trinajstić information content (AvgIpc) is 4.13. The predicted octanol–water partition coefficient (Wildman–Crippen LogP) is 11.0. The lowest BCUT2D eigenvalue weighted by Crippen LogP contribution is -2.23. The predicted molar refractivity (Wildman–Crippen MR) is 262 cm³/mol. The van der Waals surface area contributed by atoms with Gasteiger partial charge in [-0.25, -0.2) is 10.4 Å². The smallest absolute Gasteiger partial charge is 0.271 e. The summed E-state index contributed by atoms with van der Waals surface area (Å²) in [5.41, 5.74) is 34.5. The number of carbonyl (C=O) groups excluding carboxylic acids is 1. The van der Waals surface area contributed by atoms with E-state index < -0.39 is 0 Å². The van der Waals surface area contributed by atoms with Crippen LogP contribution in [0.4, 0.5) is 0 Å². The molecule has 1 saturated heterocycles. The maximum absolute atomic E-state index is 13.5. The normalized spacial score (nSPS) is 23.7. The third kappa shape index (κ3) is 3.99. The number of halogens is 1. The van der Waals surface area contributed by atoms with Crippen molar-refractivity contribution in [3.05, 3.63) is 196 Å². The molecule has 17 rings (SSSR count). The Morgan fingerprint density at radius 2 is 1.55 bits per heavy atom. The third-order valence-corrected chi connectivity index (χ3v) is 18.1. The van der Waals surface area contributed by atoms with Crippen LogP contribution in [0, 0.1) is 12.8 Å². The van der Waals surface area contributed by atoms with E-state index in [4.69, 9.17) is 0 Å². The van der Waals surface area contributed by atoms with Crippen molar-refractivity contribution in [3.8, 4) is 27.9 Å². The number of aryl methyl sites for hydroxylation is 1. The lowest BCUT2D eigenvalue weighted by atomic mass is 9.63. The molecule has 66 heavy (non-hydrogen) atoms. The second-order valence-corrected chi connectivity index (χ2v) is 21.5. The fourth-order valence-corrected chi connectivity index (χ4v) is 15.9. The summed E-state index contributed by atoms with van der Waals surface area (Å²) in [6.45, 7) is 2.85. The van der Waals surface area contributed by atoms with E-state index in [0.717, 1.165) is 23.0 Å². The molecular formula is C58H38BrN5O2. The molecule has 1 aromatic heterocycles. The summed E-state index contributed by atoms with van der Waals surface area (Å²) in [5, 5.41) is 7.96. The Bertz CT molecular complexity index is 3920. The molecule has 8 heteroatoms. The summed E-state index contributed by atoms with van der Waals surface area (Å²) in [7, 11) is 2.34. The van der Waals surface area contributed by atoms with E-state index in [2.05, 4.69) is 98.0 Å². The molecule has 6 unspecified atom stereocenters. The van der Waals surface area contributed by atoms with Crippen LogP contribution in [0.2, 0.25) is 0 Å². The minimum Gasteiger partial charge on any atom is -0.298 e. The first kappa shape index (κ1) is 35.5. The van der Waals surface area contributed by atoms with Crippen LogP contribution in [-0.2, 0) is 19.3 Å². The Morgan fingerprint density at radius 3 is 2.41 bits per heavy atom. The molecule has 1 N–H and O–H groups in total. The molecule has 1 aliphatic heterocycles. The summed E-state index contributed by atoms with van der Waals surface area (Å²) in [6.07, 6.45) is 5.11. The molecule has 0 radical (unpaired) electrons. The number of fused-ring (bicyclic) bond motifs is 4. The molecule has 6 atom stereocenters. The summed E-state index contributed by atoms with van der Waals surface area (Å²) in [5.74, 6) is 2.54. The molecule has 0 bridgehead atoms. The number of hydrogen-bond donors (Lipinski definition) is 1. The van der Waals surface area contributed by atoms with Gasteiger partial charge in [0.15, 0.2) is 0 Å². The first-order valence-electron chi connectivity index (χ1n) is 23.5. The van der Waals surface area contributed by atoms with E-state index in [1.807, 2.05) is 19.1 Å². The molecule has 1 fully saturated rings. The Labute approximate surface area is 387 Å². The second-order valence-electron chi connectivity index (χ2n) is 20.6. The van der Waals surface area contributed by atoms with Gasteiger partial charge in [0.2, 0.25) is 0 Å². The van der Waals surface area contributed by atoms with Gasteiger partial charge in [0.05, 0.1) is 22.8 Å². The number of benzene rings is 7. The number of hydrogen-bond acceptors (Lipinski definition) is 5. The molecule has 0 saturated carbocycles. The maximum atomic E-state index is 13.5. The van der Waals surface area contributed by atoms with Crippen LogP contribution in [0.5, 0.6) is 0 Å². The summed E-state index contributed by atoms with van der Waals surface area (Å²) >= 11 is 3.47. The quantitative estimate of drug-likeness (QED) is 0.138. The SMILES string of the molecule is Cc1nc2ccc(Br)cc2c(=O)n1-c1ccc(C(=O)N/N=C/c2ccc(C3C4c5cc6c7c8c5-c5c(cc9c%10c5C8C5C8=C%10C(C9)Cc9ccc%10cc(c-7c5c%10c98)C6)C4CN3C)cc2)cc1. The van der Waals surface area contributed by atoms with Gasteiger partial charge in [0.25, 0.3) is 11.5 Å². The number of allylic oxidation sites excluding steroid dienone is 2. The molecule has 8 aliphatic carbocycles. The fraction of sp³-hybridized carbons (Fsp3) is 0.207. The standard InChI is InChI=1S/C58H38BrN5O2/c1-24-61-40-14-11-34(59)21-37(40)58(66)64(24)35-12-9-27(10-13-35)57(65)62-60-22-25-3-5-26(6-4-25)56-47-38-20-33-18-31-16-29-8-7-28-15-30-17-32-19-36(39(47)23-63(56)2)48-49(38)53-46(33)44(31)51-42(29)41(28)50-43(30)45(32)52(48)55(53)54(50)51/h3-14,16,19-22,30,39,47,54-56H,15,17-18,23H2,1-2H3,(H,62,65)/b60-22+. The molecule has 1 amide bonds. The molecule has 0 spiro atoms. The van der Waals surface area contributed by atoms with E-state index >= 15 is 0 Å². The number of likely N-dealkylation sites (N-methyl/N-ethyl adjacent to an activating group) is 1. The van der Waals surface area contributed by atoms with Crippen molar-refractivity contribution < 1.29 is 4.79 Å². The number of amides is 1. The average molecular weight is 917 g/mol. The van der Waals surface area contributed by atoms with Crippen LogP contribution in [0.1, 0.15) is 118 Å². The van der Waals surface area contributed by atoms with Crippen molar-refractivity contribution in [3.63, 3.8) is 0 Å². The lowest BCUT2D eigenvalue weighted by Gasteiger charge is -2.39. The highest BCUT2D eigenvalue weighted by Gasteiger charge is 2.60. The van der Waals surface area contributed by atoms with Gasteiger partial charge in [-0.3, -0.25) is 19.1 Å². The molecule has 314 valence electrons. The van der Waals surface area contributed by atoms with Crippen LogP contribution in [0.15, 0.2) is 111 Å². The van der Waals surface area contributed by atoms with Crippen molar-refractivity contribution in [2.24, 2.45) is 11.0 Å². The number of hydrazone groups is 1. The maximum Gasteiger partial charge on any atom is 0.271 e. The summed E-state index contributed by atoms with van der Waals surface area (Å²) in [6, 6.07) is 34.5. The molecule has 7 nitrogen and oxygen atoms in total. The first-order chi connectivity index (χ1) is 32.3. The van der Waals surface area contributed by atoms with Crippen LogP contribution in [0.3, 0.4) is 0 Å². The topological polar surface area (TPSA) is 79.6 Å². The van der Waals surface area contributed by atoms with Crippen molar-refractivity contribution >= 4 is 60.9 Å². The number of nitrogens with one attached hydrogen (secondary N) is 1. The number of rotatable bonds is 5. The van der Waals surface area contributed by atoms with Crippen molar-refractivity contribution in [2.45, 2.75) is 55.9 Å². The van der Waals surface area contributed by atoms with Gasteiger partial charge < -0.3 is 0 Å². The highest BCUT2D eigenvalue weighted by Crippen LogP contribution is 2.77. The zero-order valence-corrected chi connectivity index (χ0v) is 37.7. The van der Waals surface area contributed by atoms with Gasteiger partial charge in [0, 0.05) is 46.3 Å². The molecule has 8 aromatic rings. The number of likely N-dealkylation sites (tertiary alicyclic amines) is 1. The number of nitrogens with zero attached hydrogens (tertiary/aromatic N) is 4. The molecular weight excluding hydrogens is 879 g/mol. The van der Waals surface area contributed by atoms with E-state index in [1.54, 1.807) is 141 Å². The zero-order valence-electron chi connectivity index (χ0n) is 36.1. The van der Waals surface area contributed by atoms with Crippen LogP contribution < -0.4 is 11.0 Å². The van der Waals surface area contributed by atoms with Gasteiger partial charge in [-0.2, -0.15) is 5.10 Å². The van der Waals surface area contributed by atoms with Gasteiger partial charge in [-0.15, -0.1) is 0 Å². The monoisotopic (exact) mass is 915 g/mol. The Balaban J connectivity index is 0.708. The highest BCUT2D eigenvalue weighted by molar-refractivity contribution is 9.10. The Morgan fingerprint density at radius 1 is 0.773 bits per heavy atom. The molecule has 7 aromatic carbocycles. The van der Waals surface area contributed by atoms with Crippen molar-refractivity contribution in [1.82, 2.24) is 19.9 Å². The van der Waals surface area contributed by atoms with Crippen LogP contribution >= 0.6 is 15.9 Å². The number of carbonyl (C=O) groups is 1. The van der Waals surface area contributed by atoms with Crippen LogP contribution in [0.25, 0.3) is 60.8 Å². The fourth-order valence-electron chi connectivity index (χ4n) is 15.6. The van der Waals surface area contributed by atoms with Gasteiger partial charge in [-0.1, -0.05) is 70.5 Å². The van der Waals surface area contributed by atoms with Gasteiger partial charge >= 0.3 is 0 Å². The molecule has 9 aliphatic rings. The Hall–Kier alpha value is -6.74. The minimum atomic E-state index is -0.325. The summed E-state index contributed by atoms with van der Waals surface area (Å²) in [4.78, 5) is 34.0. The van der Waals surface area contributed by atoms with E-state index in [9.17, 15) is 9.59 Å². The molecule has 2 heterocycles. The second kappa shape index (κ2) is 11.6. The van der Waals surface area contributed by atoms with Crippen LogP contribution in [-0.4, -0.2) is 40.2 Å². The Kier molecular flexibility index (Phi) is 6.25. The largest absolute Gasteiger partial charge is 0.298 e. The van der Waals surface area contributed by atoms with Gasteiger partial charge in [0.1, 0.15) is 5.82 Å². The third-order valence-electron chi connectivity index (χ3n) is 17.6. The van der Waals surface area contributed by atoms with E-state index in [1.165, 1.54) is 23.8 Å². The zero-order chi connectivity index (χ0) is 43.3. The first-order valence-corrected chi connectivity index (χ1v) is 24.3. The van der Waals surface area contributed by atoms with Crippen molar-refractivity contribution in [2.75, 3.05) is 13.6 Å². The van der Waals surface area contributed by atoms with E-state index in [0.29, 0.717) is 57.6 Å². The number of aromatic nitrogens is 2. The summed E-state index contributed by atoms with van der Waals surface area (Å²) < 4.78 is 2.38. The lowest BCUT2D eigenvalue weighted by molar-refractivity contribution is 0.0955.